The van der Waals surface area contributed by atoms with Gasteiger partial charge in [-0.15, -0.1) is 0 Å². The number of hydrogen-bond donors (Lipinski definition) is 1. The molecule has 1 aliphatic rings. The second-order valence-electron chi connectivity index (χ2n) is 8.01. The van der Waals surface area contributed by atoms with Crippen molar-refractivity contribution in [2.45, 2.75) is 27.7 Å². The van der Waals surface area contributed by atoms with E-state index >= 15 is 0 Å². The number of nitrogens with zero attached hydrogens (tertiary/aromatic N) is 4. The summed E-state index contributed by atoms with van der Waals surface area (Å²) >= 11 is 0. The van der Waals surface area contributed by atoms with Gasteiger partial charge in [0, 0.05) is 42.9 Å². The summed E-state index contributed by atoms with van der Waals surface area (Å²) in [6, 6.07) is 5.79. The zero-order valence-corrected chi connectivity index (χ0v) is 16.1. The Morgan fingerprint density at radius 2 is 1.93 bits per heavy atom. The average molecular weight is 361 g/mol. The van der Waals surface area contributed by atoms with Crippen LogP contribution < -0.4 is 0 Å². The predicted octanol–water partition coefficient (Wildman–Crippen LogP) is 3.63. The van der Waals surface area contributed by atoms with Gasteiger partial charge in [0.25, 0.3) is 5.91 Å². The molecule has 6 nitrogen and oxygen atoms in total. The summed E-state index contributed by atoms with van der Waals surface area (Å²) in [5, 5.41) is 0. The molecule has 3 aromatic heterocycles. The number of pyridine rings is 2. The molecule has 1 saturated heterocycles. The van der Waals surface area contributed by atoms with E-state index in [4.69, 9.17) is 0 Å². The third-order valence-corrected chi connectivity index (χ3v) is 4.97. The van der Waals surface area contributed by atoms with Gasteiger partial charge in [0.2, 0.25) is 0 Å². The summed E-state index contributed by atoms with van der Waals surface area (Å²) < 4.78 is 0. The van der Waals surface area contributed by atoms with Crippen LogP contribution in [0.5, 0.6) is 0 Å². The van der Waals surface area contributed by atoms with Gasteiger partial charge >= 0.3 is 0 Å². The van der Waals surface area contributed by atoms with Crippen molar-refractivity contribution in [2.24, 2.45) is 5.41 Å². The van der Waals surface area contributed by atoms with Crippen molar-refractivity contribution in [2.75, 3.05) is 13.1 Å². The van der Waals surface area contributed by atoms with E-state index in [0.29, 0.717) is 5.56 Å². The van der Waals surface area contributed by atoms with Crippen LogP contribution in [0.1, 0.15) is 35.6 Å². The largest absolute Gasteiger partial charge is 0.341 e. The SMILES string of the molecule is Cc1nc(-c2cc(-c3cncc(C(=O)N4CC(C)(C)C4)c3)ccn2)[nH]c1C. The topological polar surface area (TPSA) is 74.8 Å². The maximum atomic E-state index is 12.7. The van der Waals surface area contributed by atoms with E-state index in [1.54, 1.807) is 18.6 Å². The number of carbonyl (C=O) groups excluding carboxylic acids is 1. The first kappa shape index (κ1) is 17.4. The first-order valence-electron chi connectivity index (χ1n) is 9.07. The standard InChI is InChI=1S/C21H23N5O/c1-13-14(2)25-19(24-13)18-8-15(5-6-23-18)16-7-17(10-22-9-16)20(27)26-11-21(3,4)12-26/h5-10H,11-12H2,1-4H3,(H,24,25). The molecule has 1 aliphatic heterocycles. The van der Waals surface area contributed by atoms with Crippen molar-refractivity contribution in [1.82, 2.24) is 24.8 Å². The Morgan fingerprint density at radius 1 is 1.15 bits per heavy atom. The Morgan fingerprint density at radius 3 is 2.59 bits per heavy atom. The molecule has 27 heavy (non-hydrogen) atoms. The molecule has 0 bridgehead atoms. The molecule has 0 saturated carbocycles. The van der Waals surface area contributed by atoms with E-state index in [-0.39, 0.29) is 11.3 Å². The van der Waals surface area contributed by atoms with Crippen LogP contribution in [0.15, 0.2) is 36.8 Å². The highest BCUT2D eigenvalue weighted by atomic mass is 16.2. The minimum atomic E-state index is 0.0373. The summed E-state index contributed by atoms with van der Waals surface area (Å²) in [4.78, 5) is 31.0. The van der Waals surface area contributed by atoms with Gasteiger partial charge in [-0.2, -0.15) is 0 Å². The Balaban J connectivity index is 1.62. The quantitative estimate of drug-likeness (QED) is 0.773. The van der Waals surface area contributed by atoms with Gasteiger partial charge in [0.1, 0.15) is 5.69 Å². The minimum absolute atomic E-state index is 0.0373. The molecule has 0 aromatic carbocycles. The zero-order valence-electron chi connectivity index (χ0n) is 16.1. The maximum Gasteiger partial charge on any atom is 0.255 e. The molecule has 6 heteroatoms. The molecular weight excluding hydrogens is 338 g/mol. The van der Waals surface area contributed by atoms with Crippen LogP contribution in [-0.4, -0.2) is 43.8 Å². The van der Waals surface area contributed by atoms with Crippen LogP contribution in [0.3, 0.4) is 0 Å². The minimum Gasteiger partial charge on any atom is -0.341 e. The van der Waals surface area contributed by atoms with E-state index in [2.05, 4.69) is 33.8 Å². The van der Waals surface area contributed by atoms with Crippen molar-refractivity contribution in [3.8, 4) is 22.6 Å². The molecule has 3 aromatic rings. The molecule has 0 atom stereocenters. The number of H-pyrrole nitrogens is 1. The Labute approximate surface area is 158 Å². The van der Waals surface area contributed by atoms with Crippen LogP contribution in [0.2, 0.25) is 0 Å². The number of rotatable bonds is 3. The highest BCUT2D eigenvalue weighted by Gasteiger charge is 2.37. The lowest BCUT2D eigenvalue weighted by Gasteiger charge is -2.45. The van der Waals surface area contributed by atoms with Gasteiger partial charge < -0.3 is 9.88 Å². The number of likely N-dealkylation sites (tertiary alicyclic amines) is 1. The highest BCUT2D eigenvalue weighted by Crippen LogP contribution is 2.30. The van der Waals surface area contributed by atoms with Crippen molar-refractivity contribution in [3.63, 3.8) is 0 Å². The lowest BCUT2D eigenvalue weighted by Crippen LogP contribution is -2.55. The molecule has 4 heterocycles. The average Bonchev–Trinajstić information content (AvgIpc) is 2.98. The molecule has 4 rings (SSSR count). The summed E-state index contributed by atoms with van der Waals surface area (Å²) in [5.74, 6) is 0.782. The Kier molecular flexibility index (Phi) is 4.06. The second kappa shape index (κ2) is 6.30. The third kappa shape index (κ3) is 3.35. The third-order valence-electron chi connectivity index (χ3n) is 4.97. The van der Waals surface area contributed by atoms with Crippen LogP contribution in [0.4, 0.5) is 0 Å². The van der Waals surface area contributed by atoms with Crippen molar-refractivity contribution in [3.05, 3.63) is 53.7 Å². The van der Waals surface area contributed by atoms with Crippen LogP contribution in [-0.2, 0) is 0 Å². The van der Waals surface area contributed by atoms with Crippen LogP contribution in [0, 0.1) is 19.3 Å². The lowest BCUT2D eigenvalue weighted by atomic mass is 9.84. The number of hydrogen-bond acceptors (Lipinski definition) is 4. The van der Waals surface area contributed by atoms with Gasteiger partial charge in [0.15, 0.2) is 5.82 Å². The smallest absolute Gasteiger partial charge is 0.255 e. The molecular formula is C21H23N5O. The van der Waals surface area contributed by atoms with Crippen LogP contribution in [0.25, 0.3) is 22.6 Å². The highest BCUT2D eigenvalue weighted by molar-refractivity contribution is 5.95. The fourth-order valence-corrected chi connectivity index (χ4v) is 3.44. The van der Waals surface area contributed by atoms with E-state index in [1.807, 2.05) is 36.9 Å². The van der Waals surface area contributed by atoms with Gasteiger partial charge in [-0.1, -0.05) is 13.8 Å². The normalized spacial score (nSPS) is 15.5. The lowest BCUT2D eigenvalue weighted by molar-refractivity contribution is 0.0236. The van der Waals surface area contributed by atoms with E-state index in [9.17, 15) is 4.79 Å². The van der Waals surface area contributed by atoms with Gasteiger partial charge in [-0.25, -0.2) is 4.98 Å². The first-order chi connectivity index (χ1) is 12.8. The van der Waals surface area contributed by atoms with E-state index in [1.165, 1.54) is 0 Å². The molecule has 0 radical (unpaired) electrons. The molecule has 0 unspecified atom stereocenters. The molecule has 138 valence electrons. The predicted molar refractivity (Wildman–Crippen MR) is 104 cm³/mol. The Hall–Kier alpha value is -3.02. The molecule has 1 N–H and O–H groups in total. The molecule has 0 aliphatic carbocycles. The summed E-state index contributed by atoms with van der Waals surface area (Å²) in [7, 11) is 0. The molecule has 0 spiro atoms. The fraction of sp³-hybridized carbons (Fsp3) is 0.333. The molecule has 1 fully saturated rings. The second-order valence-corrected chi connectivity index (χ2v) is 8.01. The summed E-state index contributed by atoms with van der Waals surface area (Å²) in [6.07, 6.45) is 5.16. The molecule has 1 amide bonds. The van der Waals surface area contributed by atoms with Crippen LogP contribution >= 0.6 is 0 Å². The van der Waals surface area contributed by atoms with Crippen molar-refractivity contribution >= 4 is 5.91 Å². The number of aromatic nitrogens is 4. The number of carbonyl (C=O) groups is 1. The Bertz CT molecular complexity index is 993. The summed E-state index contributed by atoms with van der Waals surface area (Å²) in [5.41, 5.74) is 5.44. The van der Waals surface area contributed by atoms with Gasteiger partial charge in [-0.05, 0) is 43.0 Å². The number of nitrogens with one attached hydrogen (secondary N) is 1. The van der Waals surface area contributed by atoms with E-state index in [0.717, 1.165) is 47.1 Å². The number of amides is 1. The zero-order chi connectivity index (χ0) is 19.2. The monoisotopic (exact) mass is 361 g/mol. The summed E-state index contributed by atoms with van der Waals surface area (Å²) in [6.45, 7) is 9.87. The maximum absolute atomic E-state index is 12.7. The van der Waals surface area contributed by atoms with Gasteiger partial charge in [-0.3, -0.25) is 14.8 Å². The number of aryl methyl sites for hydroxylation is 2. The van der Waals surface area contributed by atoms with Gasteiger partial charge in [0.05, 0.1) is 11.3 Å². The fourth-order valence-electron chi connectivity index (χ4n) is 3.44. The number of imidazole rings is 1. The van der Waals surface area contributed by atoms with E-state index < -0.39 is 0 Å². The first-order valence-corrected chi connectivity index (χ1v) is 9.07. The van der Waals surface area contributed by atoms with Crippen molar-refractivity contribution in [1.29, 1.82) is 0 Å². The number of aromatic amines is 1. The van der Waals surface area contributed by atoms with Crippen molar-refractivity contribution < 1.29 is 4.79 Å².